The highest BCUT2D eigenvalue weighted by Gasteiger charge is 2.32. The lowest BCUT2D eigenvalue weighted by atomic mass is 9.99. The highest BCUT2D eigenvalue weighted by molar-refractivity contribution is 5.76. The number of carbonyl (C=O) groups excluding carboxylic acids is 1. The predicted molar refractivity (Wildman–Crippen MR) is 68.8 cm³/mol. The van der Waals surface area contributed by atoms with Gasteiger partial charge in [-0.25, -0.2) is 4.79 Å². The monoisotopic (exact) mass is 270 g/mol. The summed E-state index contributed by atoms with van der Waals surface area (Å²) in [6, 6.07) is -0.233. The molecule has 2 heterocycles. The summed E-state index contributed by atoms with van der Waals surface area (Å²) in [4.78, 5) is 26.8. The van der Waals surface area contributed by atoms with E-state index in [-0.39, 0.29) is 24.6 Å². The zero-order valence-electron chi connectivity index (χ0n) is 11.1. The molecule has 0 aromatic heterocycles. The number of hydrogen-bond donors (Lipinski definition) is 2. The van der Waals surface area contributed by atoms with Gasteiger partial charge in [0.2, 0.25) is 0 Å². The Hall–Kier alpha value is -1.30. The molecule has 1 atom stereocenters. The number of aliphatic hydroxyl groups excluding tert-OH is 1. The summed E-state index contributed by atoms with van der Waals surface area (Å²) < 4.78 is 0. The van der Waals surface area contributed by atoms with E-state index in [9.17, 15) is 14.7 Å². The zero-order chi connectivity index (χ0) is 13.8. The summed E-state index contributed by atoms with van der Waals surface area (Å²) in [7, 11) is 0. The lowest BCUT2D eigenvalue weighted by molar-refractivity contribution is -0.138. The molecule has 108 valence electrons. The molecule has 0 bridgehead atoms. The molecule has 0 spiro atoms. The number of carboxylic acid groups (broad SMARTS) is 1. The van der Waals surface area contributed by atoms with Crippen LogP contribution in [-0.4, -0.2) is 63.8 Å². The Balaban J connectivity index is 1.96. The number of rotatable bonds is 2. The van der Waals surface area contributed by atoms with E-state index in [2.05, 4.69) is 0 Å². The van der Waals surface area contributed by atoms with Crippen molar-refractivity contribution in [3.05, 3.63) is 0 Å². The summed E-state index contributed by atoms with van der Waals surface area (Å²) in [6.45, 7) is 1.78. The number of likely N-dealkylation sites (tertiary alicyclic amines) is 2. The summed E-state index contributed by atoms with van der Waals surface area (Å²) >= 11 is 0. The van der Waals surface area contributed by atoms with E-state index in [0.29, 0.717) is 32.5 Å². The van der Waals surface area contributed by atoms with E-state index in [1.807, 2.05) is 0 Å². The molecule has 0 radical (unpaired) electrons. The summed E-state index contributed by atoms with van der Waals surface area (Å²) in [5, 5.41) is 18.4. The van der Waals surface area contributed by atoms with Crippen LogP contribution in [0.3, 0.4) is 0 Å². The number of piperidine rings is 2. The number of aliphatic carboxylic acids is 1. The van der Waals surface area contributed by atoms with E-state index in [4.69, 9.17) is 5.11 Å². The van der Waals surface area contributed by atoms with Crippen LogP contribution in [0.4, 0.5) is 4.79 Å². The molecule has 0 saturated carbocycles. The largest absolute Gasteiger partial charge is 0.481 e. The van der Waals surface area contributed by atoms with Crippen molar-refractivity contribution >= 4 is 12.0 Å². The Morgan fingerprint density at radius 2 is 1.74 bits per heavy atom. The molecule has 2 fully saturated rings. The quantitative estimate of drug-likeness (QED) is 0.781. The van der Waals surface area contributed by atoms with Gasteiger partial charge in [0, 0.05) is 25.7 Å². The fourth-order valence-electron chi connectivity index (χ4n) is 2.90. The van der Waals surface area contributed by atoms with Gasteiger partial charge in [-0.3, -0.25) is 4.79 Å². The van der Waals surface area contributed by atoms with Crippen molar-refractivity contribution in [2.45, 2.75) is 50.7 Å². The Labute approximate surface area is 113 Å². The molecule has 6 nitrogen and oxygen atoms in total. The molecule has 2 aliphatic heterocycles. The number of aliphatic hydroxyl groups is 1. The lowest BCUT2D eigenvalue weighted by Crippen LogP contribution is -2.53. The SMILES string of the molecule is O=C(O)CC1CCCCN1C(=O)N1CCC(O)CC1. The second-order valence-corrected chi connectivity index (χ2v) is 5.44. The molecular weight excluding hydrogens is 248 g/mol. The molecule has 2 aliphatic rings. The standard InChI is InChI=1S/C13H22N2O4/c16-11-4-7-14(8-5-11)13(19)15-6-2-1-3-10(15)9-12(17)18/h10-11,16H,1-9H2,(H,17,18). The van der Waals surface area contributed by atoms with Crippen molar-refractivity contribution in [1.82, 2.24) is 9.80 Å². The number of hydrogen-bond acceptors (Lipinski definition) is 3. The minimum absolute atomic E-state index is 0.0300. The molecule has 0 aromatic rings. The average molecular weight is 270 g/mol. The molecule has 0 aliphatic carbocycles. The molecule has 2 N–H and O–H groups in total. The zero-order valence-corrected chi connectivity index (χ0v) is 11.1. The van der Waals surface area contributed by atoms with Crippen LogP contribution >= 0.6 is 0 Å². The third kappa shape index (κ3) is 3.59. The van der Waals surface area contributed by atoms with E-state index in [1.54, 1.807) is 9.80 Å². The maximum absolute atomic E-state index is 12.4. The van der Waals surface area contributed by atoms with Gasteiger partial charge in [0.1, 0.15) is 0 Å². The van der Waals surface area contributed by atoms with Crippen LogP contribution in [0.25, 0.3) is 0 Å². The molecule has 0 aromatic carbocycles. The van der Waals surface area contributed by atoms with Crippen LogP contribution in [0.5, 0.6) is 0 Å². The average Bonchev–Trinajstić information content (AvgIpc) is 2.39. The Morgan fingerprint density at radius 1 is 1.05 bits per heavy atom. The van der Waals surface area contributed by atoms with Crippen molar-refractivity contribution in [2.75, 3.05) is 19.6 Å². The third-order valence-corrected chi connectivity index (χ3v) is 4.02. The normalized spacial score (nSPS) is 25.4. The number of nitrogens with zero attached hydrogens (tertiary/aromatic N) is 2. The lowest BCUT2D eigenvalue weighted by Gasteiger charge is -2.40. The van der Waals surface area contributed by atoms with Gasteiger partial charge in [-0.2, -0.15) is 0 Å². The van der Waals surface area contributed by atoms with Gasteiger partial charge in [0.15, 0.2) is 0 Å². The minimum Gasteiger partial charge on any atom is -0.481 e. The second kappa shape index (κ2) is 6.23. The van der Waals surface area contributed by atoms with Gasteiger partial charge in [0.25, 0.3) is 0 Å². The summed E-state index contributed by atoms with van der Waals surface area (Å²) in [5.74, 6) is -0.848. The van der Waals surface area contributed by atoms with Crippen molar-refractivity contribution in [2.24, 2.45) is 0 Å². The molecular formula is C13H22N2O4. The maximum Gasteiger partial charge on any atom is 0.320 e. The molecule has 19 heavy (non-hydrogen) atoms. The first-order valence-corrected chi connectivity index (χ1v) is 7.03. The van der Waals surface area contributed by atoms with Crippen molar-refractivity contribution in [3.63, 3.8) is 0 Å². The van der Waals surface area contributed by atoms with Crippen molar-refractivity contribution in [3.8, 4) is 0 Å². The summed E-state index contributed by atoms with van der Waals surface area (Å²) in [5.41, 5.74) is 0. The van der Waals surface area contributed by atoms with Gasteiger partial charge < -0.3 is 20.0 Å². The first kappa shape index (κ1) is 14.1. The van der Waals surface area contributed by atoms with Gasteiger partial charge in [-0.15, -0.1) is 0 Å². The first-order valence-electron chi connectivity index (χ1n) is 7.03. The predicted octanol–water partition coefficient (Wildman–Crippen LogP) is 0.892. The fraction of sp³-hybridized carbons (Fsp3) is 0.846. The molecule has 2 saturated heterocycles. The Morgan fingerprint density at radius 3 is 2.37 bits per heavy atom. The highest BCUT2D eigenvalue weighted by Crippen LogP contribution is 2.22. The van der Waals surface area contributed by atoms with Crippen LogP contribution in [0.2, 0.25) is 0 Å². The highest BCUT2D eigenvalue weighted by atomic mass is 16.4. The van der Waals surface area contributed by atoms with Crippen molar-refractivity contribution < 1.29 is 19.8 Å². The van der Waals surface area contributed by atoms with Crippen LogP contribution in [0, 0.1) is 0 Å². The first-order chi connectivity index (χ1) is 9.08. The van der Waals surface area contributed by atoms with E-state index >= 15 is 0 Å². The molecule has 6 heteroatoms. The minimum atomic E-state index is -0.848. The maximum atomic E-state index is 12.4. The molecule has 2 rings (SSSR count). The fourth-order valence-corrected chi connectivity index (χ4v) is 2.90. The van der Waals surface area contributed by atoms with Crippen LogP contribution in [0.1, 0.15) is 38.5 Å². The summed E-state index contributed by atoms with van der Waals surface area (Å²) in [6.07, 6.45) is 3.65. The molecule has 1 unspecified atom stereocenters. The number of carboxylic acids is 1. The van der Waals surface area contributed by atoms with Crippen LogP contribution in [-0.2, 0) is 4.79 Å². The number of urea groups is 1. The van der Waals surface area contributed by atoms with Gasteiger partial charge in [0.05, 0.1) is 12.5 Å². The van der Waals surface area contributed by atoms with Crippen LogP contribution < -0.4 is 0 Å². The Kier molecular flexibility index (Phi) is 4.63. The third-order valence-electron chi connectivity index (χ3n) is 4.02. The number of amides is 2. The second-order valence-electron chi connectivity index (χ2n) is 5.44. The topological polar surface area (TPSA) is 81.1 Å². The van der Waals surface area contributed by atoms with Crippen LogP contribution in [0.15, 0.2) is 0 Å². The van der Waals surface area contributed by atoms with Crippen molar-refractivity contribution in [1.29, 1.82) is 0 Å². The van der Waals surface area contributed by atoms with Gasteiger partial charge >= 0.3 is 12.0 Å². The van der Waals surface area contributed by atoms with E-state index in [0.717, 1.165) is 19.3 Å². The number of carbonyl (C=O) groups is 2. The van der Waals surface area contributed by atoms with E-state index in [1.165, 1.54) is 0 Å². The van der Waals surface area contributed by atoms with Gasteiger partial charge in [-0.1, -0.05) is 0 Å². The van der Waals surface area contributed by atoms with E-state index < -0.39 is 5.97 Å². The smallest absolute Gasteiger partial charge is 0.320 e. The van der Waals surface area contributed by atoms with Gasteiger partial charge in [-0.05, 0) is 32.1 Å². The Bertz CT molecular complexity index is 340. The molecule has 2 amide bonds.